The Morgan fingerprint density at radius 1 is 1.25 bits per heavy atom. The van der Waals surface area contributed by atoms with E-state index in [-0.39, 0.29) is 12.1 Å². The molecule has 4 heteroatoms. The van der Waals surface area contributed by atoms with Crippen molar-refractivity contribution >= 4 is 17.4 Å². The lowest BCUT2D eigenvalue weighted by Gasteiger charge is -2.25. The number of fused-ring (bicyclic) bond motifs is 2. The standard InChI is InChI=1S/C16H18ClN3/c17-8-7-14(18)15-13-6-2-1-4-11(13)10-12-5-3-9-19-16(12)20-15/h1-6,9,14-15H,7-8,10,18H2,(H,19,20). The van der Waals surface area contributed by atoms with Gasteiger partial charge in [-0.1, -0.05) is 30.3 Å². The number of aromatic nitrogens is 1. The number of nitrogens with two attached hydrogens (primary N) is 1. The van der Waals surface area contributed by atoms with Crippen molar-refractivity contribution in [1.29, 1.82) is 0 Å². The summed E-state index contributed by atoms with van der Waals surface area (Å²) >= 11 is 5.86. The first-order valence-corrected chi connectivity index (χ1v) is 7.43. The van der Waals surface area contributed by atoms with Gasteiger partial charge in [-0.05, 0) is 29.2 Å². The minimum Gasteiger partial charge on any atom is -0.361 e. The van der Waals surface area contributed by atoms with E-state index in [1.54, 1.807) is 0 Å². The molecule has 0 bridgehead atoms. The van der Waals surface area contributed by atoms with Gasteiger partial charge in [0.05, 0.1) is 6.04 Å². The molecule has 0 saturated heterocycles. The third-order valence-corrected chi connectivity index (χ3v) is 4.04. The van der Waals surface area contributed by atoms with Gasteiger partial charge in [0.1, 0.15) is 5.82 Å². The van der Waals surface area contributed by atoms with E-state index in [0.717, 1.165) is 18.7 Å². The monoisotopic (exact) mass is 287 g/mol. The fourth-order valence-corrected chi connectivity index (χ4v) is 3.02. The number of anilines is 1. The van der Waals surface area contributed by atoms with Gasteiger partial charge in [-0.3, -0.25) is 0 Å². The van der Waals surface area contributed by atoms with E-state index in [4.69, 9.17) is 17.3 Å². The molecular formula is C16H18ClN3. The van der Waals surface area contributed by atoms with Gasteiger partial charge in [0.2, 0.25) is 0 Å². The van der Waals surface area contributed by atoms with Gasteiger partial charge in [0, 0.05) is 24.5 Å². The number of alkyl halides is 1. The molecule has 0 amide bonds. The quantitative estimate of drug-likeness (QED) is 0.853. The summed E-state index contributed by atoms with van der Waals surface area (Å²) in [4.78, 5) is 4.46. The molecule has 20 heavy (non-hydrogen) atoms. The molecule has 0 radical (unpaired) electrons. The second-order valence-electron chi connectivity index (χ2n) is 5.15. The number of benzene rings is 1. The fraction of sp³-hybridized carbons (Fsp3) is 0.312. The highest BCUT2D eigenvalue weighted by Gasteiger charge is 2.26. The maximum Gasteiger partial charge on any atom is 0.129 e. The SMILES string of the molecule is NC(CCCl)C1Nc2ncccc2Cc2ccccc21. The van der Waals surface area contributed by atoms with Crippen LogP contribution in [0.25, 0.3) is 0 Å². The van der Waals surface area contributed by atoms with Crippen LogP contribution in [0.5, 0.6) is 0 Å². The predicted molar refractivity (Wildman–Crippen MR) is 83.2 cm³/mol. The Morgan fingerprint density at radius 3 is 2.90 bits per heavy atom. The summed E-state index contributed by atoms with van der Waals surface area (Å²) in [6.07, 6.45) is 3.47. The molecular weight excluding hydrogens is 270 g/mol. The van der Waals surface area contributed by atoms with Gasteiger partial charge in [-0.15, -0.1) is 11.6 Å². The lowest BCUT2D eigenvalue weighted by molar-refractivity contribution is 0.562. The molecule has 3 N–H and O–H groups in total. The van der Waals surface area contributed by atoms with E-state index in [9.17, 15) is 0 Å². The number of nitrogens with one attached hydrogen (secondary N) is 1. The van der Waals surface area contributed by atoms with Crippen molar-refractivity contribution in [1.82, 2.24) is 4.98 Å². The Kier molecular flexibility index (Phi) is 3.90. The van der Waals surface area contributed by atoms with E-state index < -0.39 is 0 Å². The van der Waals surface area contributed by atoms with Crippen molar-refractivity contribution in [3.63, 3.8) is 0 Å². The number of hydrogen-bond acceptors (Lipinski definition) is 3. The summed E-state index contributed by atoms with van der Waals surface area (Å²) in [5.74, 6) is 1.50. The normalized spacial score (nSPS) is 18.4. The highest BCUT2D eigenvalue weighted by Crippen LogP contribution is 2.32. The van der Waals surface area contributed by atoms with Crippen LogP contribution in [0.4, 0.5) is 5.82 Å². The Balaban J connectivity index is 2.05. The Bertz CT molecular complexity index is 600. The molecule has 1 aliphatic heterocycles. The Morgan fingerprint density at radius 2 is 2.05 bits per heavy atom. The third kappa shape index (κ3) is 2.51. The molecule has 0 aliphatic carbocycles. The van der Waals surface area contributed by atoms with Crippen molar-refractivity contribution in [3.05, 3.63) is 59.3 Å². The molecule has 1 aromatic heterocycles. The van der Waals surface area contributed by atoms with Gasteiger partial charge in [0.15, 0.2) is 0 Å². The average molecular weight is 288 g/mol. The first-order chi connectivity index (χ1) is 9.79. The zero-order valence-electron chi connectivity index (χ0n) is 11.2. The van der Waals surface area contributed by atoms with E-state index in [2.05, 4.69) is 40.6 Å². The number of hydrogen-bond donors (Lipinski definition) is 2. The van der Waals surface area contributed by atoms with Gasteiger partial charge in [-0.2, -0.15) is 0 Å². The van der Waals surface area contributed by atoms with Crippen LogP contribution in [0.15, 0.2) is 42.6 Å². The van der Waals surface area contributed by atoms with E-state index in [1.807, 2.05) is 12.3 Å². The second kappa shape index (κ2) is 5.81. The van der Waals surface area contributed by atoms with Crippen molar-refractivity contribution in [2.24, 2.45) is 5.73 Å². The van der Waals surface area contributed by atoms with Gasteiger partial charge >= 0.3 is 0 Å². The Labute approximate surface area is 124 Å². The Hall–Kier alpha value is -1.58. The molecule has 1 aliphatic rings. The van der Waals surface area contributed by atoms with Crippen LogP contribution in [0, 0.1) is 0 Å². The predicted octanol–water partition coefficient (Wildman–Crippen LogP) is 3.10. The van der Waals surface area contributed by atoms with Crippen LogP contribution in [0.3, 0.4) is 0 Å². The molecule has 2 aromatic rings. The summed E-state index contributed by atoms with van der Waals surface area (Å²) in [6, 6.07) is 12.6. The number of halogens is 1. The molecule has 0 fully saturated rings. The van der Waals surface area contributed by atoms with Crippen LogP contribution in [0.2, 0.25) is 0 Å². The fourth-order valence-electron chi connectivity index (χ4n) is 2.77. The van der Waals surface area contributed by atoms with Gasteiger partial charge in [-0.25, -0.2) is 4.98 Å². The van der Waals surface area contributed by atoms with E-state index in [0.29, 0.717) is 5.88 Å². The minimum absolute atomic E-state index is 0.0263. The topological polar surface area (TPSA) is 50.9 Å². The lowest BCUT2D eigenvalue weighted by Crippen LogP contribution is -2.34. The molecule has 2 unspecified atom stereocenters. The number of nitrogens with zero attached hydrogens (tertiary/aromatic N) is 1. The molecule has 0 spiro atoms. The van der Waals surface area contributed by atoms with Gasteiger partial charge in [0.25, 0.3) is 0 Å². The molecule has 0 saturated carbocycles. The largest absolute Gasteiger partial charge is 0.361 e. The molecule has 104 valence electrons. The second-order valence-corrected chi connectivity index (χ2v) is 5.53. The molecule has 2 heterocycles. The first-order valence-electron chi connectivity index (χ1n) is 6.89. The van der Waals surface area contributed by atoms with Crippen molar-refractivity contribution in [3.8, 4) is 0 Å². The zero-order valence-corrected chi connectivity index (χ0v) is 12.0. The van der Waals surface area contributed by atoms with Crippen LogP contribution < -0.4 is 11.1 Å². The van der Waals surface area contributed by atoms with Crippen LogP contribution in [-0.2, 0) is 6.42 Å². The maximum atomic E-state index is 6.33. The minimum atomic E-state index is -0.0263. The van der Waals surface area contributed by atoms with Crippen molar-refractivity contribution in [2.75, 3.05) is 11.2 Å². The summed E-state index contributed by atoms with van der Waals surface area (Å²) < 4.78 is 0. The van der Waals surface area contributed by atoms with Crippen molar-refractivity contribution in [2.45, 2.75) is 24.9 Å². The van der Waals surface area contributed by atoms with Crippen LogP contribution >= 0.6 is 11.6 Å². The summed E-state index contributed by atoms with van der Waals surface area (Å²) in [7, 11) is 0. The number of rotatable bonds is 3. The summed E-state index contributed by atoms with van der Waals surface area (Å²) in [6.45, 7) is 0. The van der Waals surface area contributed by atoms with Crippen LogP contribution in [-0.4, -0.2) is 16.9 Å². The number of pyridine rings is 1. The molecule has 2 atom stereocenters. The van der Waals surface area contributed by atoms with Crippen LogP contribution in [0.1, 0.15) is 29.2 Å². The maximum absolute atomic E-state index is 6.33. The smallest absolute Gasteiger partial charge is 0.129 e. The first kappa shape index (κ1) is 13.4. The third-order valence-electron chi connectivity index (χ3n) is 3.83. The van der Waals surface area contributed by atoms with Gasteiger partial charge < -0.3 is 11.1 Å². The lowest BCUT2D eigenvalue weighted by atomic mass is 9.93. The van der Waals surface area contributed by atoms with Crippen molar-refractivity contribution < 1.29 is 0 Å². The molecule has 3 nitrogen and oxygen atoms in total. The summed E-state index contributed by atoms with van der Waals surface area (Å²) in [5, 5.41) is 3.51. The zero-order chi connectivity index (χ0) is 13.9. The molecule has 1 aromatic carbocycles. The summed E-state index contributed by atoms with van der Waals surface area (Å²) in [5.41, 5.74) is 10.1. The average Bonchev–Trinajstić information content (AvgIpc) is 2.64. The highest BCUT2D eigenvalue weighted by molar-refractivity contribution is 6.17. The van der Waals surface area contributed by atoms with E-state index in [1.165, 1.54) is 16.7 Å². The van der Waals surface area contributed by atoms with E-state index >= 15 is 0 Å². The molecule has 3 rings (SSSR count). The highest BCUT2D eigenvalue weighted by atomic mass is 35.5.